The van der Waals surface area contributed by atoms with Crippen LogP contribution in [0.1, 0.15) is 32.6 Å². The molecule has 0 saturated heterocycles. The molecule has 1 aliphatic rings. The number of ketones is 1. The summed E-state index contributed by atoms with van der Waals surface area (Å²) in [7, 11) is 0. The topological polar surface area (TPSA) is 43.1 Å². The Morgan fingerprint density at radius 3 is 2.27 bits per heavy atom. The Morgan fingerprint density at radius 1 is 1.36 bits per heavy atom. The van der Waals surface area contributed by atoms with Crippen LogP contribution in [0.4, 0.5) is 0 Å². The van der Waals surface area contributed by atoms with E-state index in [1.165, 1.54) is 0 Å². The van der Waals surface area contributed by atoms with Gasteiger partial charge in [-0.2, -0.15) is 0 Å². The van der Waals surface area contributed by atoms with Crippen molar-refractivity contribution in [2.45, 2.75) is 32.6 Å². The van der Waals surface area contributed by atoms with Crippen LogP contribution in [0.3, 0.4) is 0 Å². The first kappa shape index (κ1) is 11.2. The number of Topliss-reactive ketones (excluding diaryl/α,β-unsaturated/α-hetero) is 1. The fourth-order valence-corrected chi connectivity index (χ4v) is 1.33. The fraction of sp³-hybridized carbons (Fsp3) is 0.625. The molecule has 0 atom stereocenters. The summed E-state index contributed by atoms with van der Waals surface area (Å²) in [5.41, 5.74) is 7.32. The molecule has 0 fully saturated rings. The van der Waals surface area contributed by atoms with Crippen LogP contribution < -0.4 is 35.3 Å². The van der Waals surface area contributed by atoms with E-state index in [0.29, 0.717) is 0 Å². The average molecular weight is 162 g/mol. The van der Waals surface area contributed by atoms with Crippen LogP contribution in [-0.4, -0.2) is 5.78 Å². The van der Waals surface area contributed by atoms with Crippen molar-refractivity contribution in [2.24, 2.45) is 5.73 Å². The zero-order valence-electron chi connectivity index (χ0n) is 7.31. The van der Waals surface area contributed by atoms with Gasteiger partial charge < -0.3 is 5.73 Å². The standard InChI is InChI=1S/C8H13NO.Na/c1-6(10)7-4-2-3-5-8(7)9;/h2-5,9H2,1H3;/q;+1. The minimum absolute atomic E-state index is 0. The van der Waals surface area contributed by atoms with Crippen molar-refractivity contribution in [3.05, 3.63) is 11.3 Å². The molecule has 1 aliphatic carbocycles. The molecule has 0 saturated carbocycles. The Morgan fingerprint density at radius 2 is 1.91 bits per heavy atom. The maximum absolute atomic E-state index is 10.9. The second-order valence-electron chi connectivity index (χ2n) is 2.77. The van der Waals surface area contributed by atoms with Gasteiger partial charge in [-0.1, -0.05) is 0 Å². The maximum atomic E-state index is 10.9. The Kier molecular flexibility index (Phi) is 5.06. The van der Waals surface area contributed by atoms with Crippen LogP contribution in [0.5, 0.6) is 0 Å². The van der Waals surface area contributed by atoms with Crippen LogP contribution in [0.25, 0.3) is 0 Å². The van der Waals surface area contributed by atoms with Gasteiger partial charge in [0.1, 0.15) is 0 Å². The van der Waals surface area contributed by atoms with E-state index in [1.54, 1.807) is 6.92 Å². The summed E-state index contributed by atoms with van der Waals surface area (Å²) in [5.74, 6) is 0.150. The molecule has 0 bridgehead atoms. The molecule has 0 amide bonds. The van der Waals surface area contributed by atoms with Crippen molar-refractivity contribution >= 4 is 5.78 Å². The minimum atomic E-state index is 0. The van der Waals surface area contributed by atoms with Gasteiger partial charge in [0, 0.05) is 11.3 Å². The van der Waals surface area contributed by atoms with Gasteiger partial charge in [-0.3, -0.25) is 4.79 Å². The summed E-state index contributed by atoms with van der Waals surface area (Å²) in [4.78, 5) is 10.9. The summed E-state index contributed by atoms with van der Waals surface area (Å²) in [6.07, 6.45) is 4.06. The zero-order chi connectivity index (χ0) is 7.56. The Hall–Kier alpha value is 0.210. The number of rotatable bonds is 1. The average Bonchev–Trinajstić information content (AvgIpc) is 1.88. The Balaban J connectivity index is 0.000001000. The predicted molar refractivity (Wildman–Crippen MR) is 40.4 cm³/mol. The molecule has 0 spiro atoms. The van der Waals surface area contributed by atoms with Crippen LogP contribution in [0, 0.1) is 0 Å². The van der Waals surface area contributed by atoms with E-state index in [-0.39, 0.29) is 35.3 Å². The number of hydrogen-bond donors (Lipinski definition) is 1. The molecule has 1 rings (SSSR count). The number of nitrogens with two attached hydrogens (primary N) is 1. The van der Waals surface area contributed by atoms with Crippen molar-refractivity contribution in [2.75, 3.05) is 0 Å². The minimum Gasteiger partial charge on any atom is -0.402 e. The van der Waals surface area contributed by atoms with Gasteiger partial charge >= 0.3 is 29.6 Å². The predicted octanol–water partition coefficient (Wildman–Crippen LogP) is -1.63. The van der Waals surface area contributed by atoms with E-state index >= 15 is 0 Å². The second kappa shape index (κ2) is 4.96. The molecule has 0 heterocycles. The van der Waals surface area contributed by atoms with Crippen LogP contribution in [-0.2, 0) is 4.79 Å². The van der Waals surface area contributed by atoms with Crippen molar-refractivity contribution in [3.63, 3.8) is 0 Å². The van der Waals surface area contributed by atoms with E-state index < -0.39 is 0 Å². The van der Waals surface area contributed by atoms with Crippen molar-refractivity contribution in [1.82, 2.24) is 0 Å². The summed E-state index contributed by atoms with van der Waals surface area (Å²) in [6, 6.07) is 0. The quantitative estimate of drug-likeness (QED) is 0.470. The molecule has 0 aromatic carbocycles. The summed E-state index contributed by atoms with van der Waals surface area (Å²) < 4.78 is 0. The molecule has 2 N–H and O–H groups in total. The molecule has 0 aromatic heterocycles. The molecule has 11 heavy (non-hydrogen) atoms. The van der Waals surface area contributed by atoms with Crippen LogP contribution in [0.15, 0.2) is 11.3 Å². The largest absolute Gasteiger partial charge is 1.00 e. The molecule has 0 unspecified atom stereocenters. The number of allylic oxidation sites excluding steroid dienone is 2. The third kappa shape index (κ3) is 2.97. The normalized spacial score (nSPS) is 17.5. The van der Waals surface area contributed by atoms with Crippen LogP contribution in [0.2, 0.25) is 0 Å². The Bertz CT molecular complexity index is 187. The van der Waals surface area contributed by atoms with Gasteiger partial charge in [0.15, 0.2) is 5.78 Å². The van der Waals surface area contributed by atoms with E-state index in [2.05, 4.69) is 0 Å². The van der Waals surface area contributed by atoms with Gasteiger partial charge in [-0.25, -0.2) is 0 Å². The number of carbonyl (C=O) groups excluding carboxylic acids is 1. The summed E-state index contributed by atoms with van der Waals surface area (Å²) in [5, 5.41) is 0. The van der Waals surface area contributed by atoms with Gasteiger partial charge in [0.2, 0.25) is 0 Å². The molecule has 0 aliphatic heterocycles. The monoisotopic (exact) mass is 162 g/mol. The van der Waals surface area contributed by atoms with E-state index in [4.69, 9.17) is 5.73 Å². The van der Waals surface area contributed by atoms with E-state index in [0.717, 1.165) is 37.0 Å². The molecule has 0 radical (unpaired) electrons. The zero-order valence-corrected chi connectivity index (χ0v) is 9.31. The molecular weight excluding hydrogens is 149 g/mol. The van der Waals surface area contributed by atoms with Crippen molar-refractivity contribution in [1.29, 1.82) is 0 Å². The van der Waals surface area contributed by atoms with Gasteiger partial charge in [0.05, 0.1) is 0 Å². The van der Waals surface area contributed by atoms with E-state index in [1.807, 2.05) is 0 Å². The first-order valence-electron chi connectivity index (χ1n) is 3.70. The number of hydrogen-bond acceptors (Lipinski definition) is 2. The van der Waals surface area contributed by atoms with E-state index in [9.17, 15) is 4.79 Å². The smallest absolute Gasteiger partial charge is 0.402 e. The molecular formula is C8H13NNaO+. The molecule has 2 nitrogen and oxygen atoms in total. The SMILES string of the molecule is CC(=O)C1=C(N)CCCC1.[Na+]. The summed E-state index contributed by atoms with van der Waals surface area (Å²) >= 11 is 0. The third-order valence-corrected chi connectivity index (χ3v) is 1.94. The third-order valence-electron chi connectivity index (χ3n) is 1.94. The van der Waals surface area contributed by atoms with Gasteiger partial charge in [-0.15, -0.1) is 0 Å². The first-order chi connectivity index (χ1) is 4.72. The first-order valence-corrected chi connectivity index (χ1v) is 3.70. The van der Waals surface area contributed by atoms with Crippen molar-refractivity contribution < 1.29 is 34.4 Å². The van der Waals surface area contributed by atoms with Crippen molar-refractivity contribution in [3.8, 4) is 0 Å². The van der Waals surface area contributed by atoms with Crippen LogP contribution >= 0.6 is 0 Å². The Labute approximate surface area is 89.5 Å². The van der Waals surface area contributed by atoms with Gasteiger partial charge in [0.25, 0.3) is 0 Å². The summed E-state index contributed by atoms with van der Waals surface area (Å²) in [6.45, 7) is 1.59. The maximum Gasteiger partial charge on any atom is 1.00 e. The molecule has 3 heteroatoms. The molecule has 56 valence electrons. The fourth-order valence-electron chi connectivity index (χ4n) is 1.33. The number of carbonyl (C=O) groups is 1. The van der Waals surface area contributed by atoms with Gasteiger partial charge in [-0.05, 0) is 32.6 Å². The second-order valence-corrected chi connectivity index (χ2v) is 2.77. The molecule has 0 aromatic rings.